The number of nitrogens with one attached hydrogen (secondary N) is 1. The van der Waals surface area contributed by atoms with Gasteiger partial charge in [-0.15, -0.1) is 0 Å². The molecule has 5 nitrogen and oxygen atoms in total. The molecule has 140 valence electrons. The van der Waals surface area contributed by atoms with Crippen molar-refractivity contribution in [3.63, 3.8) is 0 Å². The zero-order valence-electron chi connectivity index (χ0n) is 14.7. The minimum atomic E-state index is -3.39. The summed E-state index contributed by atoms with van der Waals surface area (Å²) < 4.78 is 25.4. The molecule has 1 N–H and O–H groups in total. The number of carbonyl (C=O) groups is 1. The fraction of sp³-hybridized carbons (Fsp3) is 0.611. The second-order valence-corrected chi connectivity index (χ2v) is 9.15. The number of hydrogen-bond acceptors (Lipinski definition) is 3. The third-order valence-corrected chi connectivity index (χ3v) is 6.05. The Morgan fingerprint density at radius 3 is 2.32 bits per heavy atom. The van der Waals surface area contributed by atoms with E-state index in [0.29, 0.717) is 5.02 Å². The molecule has 0 aliphatic heterocycles. The third-order valence-electron chi connectivity index (χ3n) is 4.55. The predicted octanol–water partition coefficient (Wildman–Crippen LogP) is 3.33. The van der Waals surface area contributed by atoms with Crippen molar-refractivity contribution in [2.75, 3.05) is 12.8 Å². The van der Waals surface area contributed by atoms with Crippen LogP contribution in [0.2, 0.25) is 5.02 Å². The van der Waals surface area contributed by atoms with Crippen LogP contribution in [0.15, 0.2) is 24.3 Å². The Morgan fingerprint density at radius 1 is 1.16 bits per heavy atom. The lowest BCUT2D eigenvalue weighted by molar-refractivity contribution is -0.122. The Morgan fingerprint density at radius 2 is 1.76 bits per heavy atom. The summed E-state index contributed by atoms with van der Waals surface area (Å²) >= 11 is 5.86. The molecule has 1 aromatic rings. The van der Waals surface area contributed by atoms with Crippen LogP contribution >= 0.6 is 11.6 Å². The molecule has 0 aromatic heterocycles. The number of hydrogen-bond donors (Lipinski definition) is 1. The van der Waals surface area contributed by atoms with Crippen molar-refractivity contribution in [1.29, 1.82) is 0 Å². The molecule has 0 atom stereocenters. The lowest BCUT2D eigenvalue weighted by atomic mass is 10.1. The first-order chi connectivity index (χ1) is 11.8. The van der Waals surface area contributed by atoms with Crippen molar-refractivity contribution in [2.24, 2.45) is 0 Å². The van der Waals surface area contributed by atoms with Crippen molar-refractivity contribution in [2.45, 2.75) is 57.5 Å². The molecule has 25 heavy (non-hydrogen) atoms. The number of halogens is 1. The minimum absolute atomic E-state index is 0.0725. The third kappa shape index (κ3) is 7.34. The molecule has 2 rings (SSSR count). The smallest absolute Gasteiger partial charge is 0.221 e. The average molecular weight is 387 g/mol. The predicted molar refractivity (Wildman–Crippen MR) is 101 cm³/mol. The summed E-state index contributed by atoms with van der Waals surface area (Å²) in [5, 5.41) is 3.67. The fourth-order valence-electron chi connectivity index (χ4n) is 3.11. The van der Waals surface area contributed by atoms with Crippen LogP contribution in [0.5, 0.6) is 0 Å². The highest BCUT2D eigenvalue weighted by Gasteiger charge is 2.20. The van der Waals surface area contributed by atoms with Crippen molar-refractivity contribution < 1.29 is 13.2 Å². The van der Waals surface area contributed by atoms with E-state index in [2.05, 4.69) is 5.32 Å². The van der Waals surface area contributed by atoms with Crippen molar-refractivity contribution >= 4 is 27.5 Å². The molecule has 1 saturated carbocycles. The van der Waals surface area contributed by atoms with Crippen molar-refractivity contribution in [3.05, 3.63) is 34.9 Å². The first kappa shape index (κ1) is 20.2. The maximum absolute atomic E-state index is 12.2. The molecular formula is C18H27ClN2O3S. The number of benzene rings is 1. The van der Waals surface area contributed by atoms with Crippen LogP contribution in [0.1, 0.15) is 50.5 Å². The van der Waals surface area contributed by atoms with Crippen LogP contribution in [-0.4, -0.2) is 37.5 Å². The summed E-state index contributed by atoms with van der Waals surface area (Å²) in [5.41, 5.74) is 0.846. The number of amides is 1. The Hall–Kier alpha value is -1.11. The Balaban J connectivity index is 1.88. The summed E-state index contributed by atoms with van der Waals surface area (Å²) in [6, 6.07) is 7.29. The molecule has 7 heteroatoms. The highest BCUT2D eigenvalue weighted by atomic mass is 35.5. The van der Waals surface area contributed by atoms with Gasteiger partial charge in [0.05, 0.1) is 6.26 Å². The van der Waals surface area contributed by atoms with E-state index < -0.39 is 10.0 Å². The van der Waals surface area contributed by atoms with E-state index in [1.165, 1.54) is 23.4 Å². The number of carbonyl (C=O) groups excluding carboxylic acids is 1. The lowest BCUT2D eigenvalue weighted by Crippen LogP contribution is -2.38. The van der Waals surface area contributed by atoms with Gasteiger partial charge in [0.15, 0.2) is 0 Å². The van der Waals surface area contributed by atoms with E-state index in [-0.39, 0.29) is 31.5 Å². The van der Waals surface area contributed by atoms with Crippen LogP contribution < -0.4 is 5.32 Å². The van der Waals surface area contributed by atoms with E-state index in [9.17, 15) is 13.2 Å². The van der Waals surface area contributed by atoms with Gasteiger partial charge in [0.25, 0.3) is 0 Å². The van der Waals surface area contributed by atoms with Gasteiger partial charge in [0.2, 0.25) is 15.9 Å². The van der Waals surface area contributed by atoms with E-state index in [4.69, 9.17) is 11.6 Å². The quantitative estimate of drug-likeness (QED) is 0.731. The molecule has 0 spiro atoms. The van der Waals surface area contributed by atoms with Crippen LogP contribution in [0.3, 0.4) is 0 Å². The molecule has 0 radical (unpaired) electrons. The van der Waals surface area contributed by atoms with E-state index in [1.54, 1.807) is 24.3 Å². The largest absolute Gasteiger partial charge is 0.353 e. The molecule has 0 unspecified atom stereocenters. The second-order valence-electron chi connectivity index (χ2n) is 6.73. The maximum atomic E-state index is 12.2. The van der Waals surface area contributed by atoms with Crippen LogP contribution in [0.4, 0.5) is 0 Å². The number of rotatable bonds is 7. The van der Waals surface area contributed by atoms with Gasteiger partial charge in [-0.2, -0.15) is 4.31 Å². The van der Waals surface area contributed by atoms with Gasteiger partial charge < -0.3 is 5.32 Å². The average Bonchev–Trinajstić information content (AvgIpc) is 2.80. The fourth-order valence-corrected chi connectivity index (χ4v) is 4.04. The van der Waals surface area contributed by atoms with Gasteiger partial charge in [-0.3, -0.25) is 4.79 Å². The maximum Gasteiger partial charge on any atom is 0.221 e. The molecule has 0 heterocycles. The van der Waals surface area contributed by atoms with Crippen LogP contribution in [-0.2, 0) is 21.4 Å². The Bertz CT molecular complexity index is 653. The standard InChI is InChI=1S/C18H27ClN2O3S/c1-25(23,24)21(14-15-8-10-16(19)11-9-15)13-12-18(22)20-17-6-4-2-3-5-7-17/h8-11,17H,2-7,12-14H2,1H3,(H,20,22). The van der Waals surface area contributed by atoms with Crippen LogP contribution in [0, 0.1) is 0 Å². The van der Waals surface area contributed by atoms with Gasteiger partial charge in [0, 0.05) is 30.6 Å². The number of sulfonamides is 1. The van der Waals surface area contributed by atoms with Crippen molar-refractivity contribution in [1.82, 2.24) is 9.62 Å². The van der Waals surface area contributed by atoms with Crippen molar-refractivity contribution in [3.8, 4) is 0 Å². The van der Waals surface area contributed by atoms with E-state index in [1.807, 2.05) is 0 Å². The summed E-state index contributed by atoms with van der Waals surface area (Å²) in [4.78, 5) is 12.2. The number of nitrogens with zero attached hydrogens (tertiary/aromatic N) is 1. The molecule has 0 bridgehead atoms. The van der Waals surface area contributed by atoms with E-state index in [0.717, 1.165) is 31.2 Å². The van der Waals surface area contributed by atoms with E-state index >= 15 is 0 Å². The topological polar surface area (TPSA) is 66.5 Å². The van der Waals surface area contributed by atoms with Crippen LogP contribution in [0.25, 0.3) is 0 Å². The highest BCUT2D eigenvalue weighted by Crippen LogP contribution is 2.17. The second kappa shape index (κ2) is 9.55. The van der Waals surface area contributed by atoms with Gasteiger partial charge in [-0.25, -0.2) is 8.42 Å². The minimum Gasteiger partial charge on any atom is -0.353 e. The van der Waals surface area contributed by atoms with Gasteiger partial charge in [0.1, 0.15) is 0 Å². The lowest BCUT2D eigenvalue weighted by Gasteiger charge is -2.21. The molecule has 1 aromatic carbocycles. The molecule has 1 fully saturated rings. The van der Waals surface area contributed by atoms with Gasteiger partial charge in [-0.1, -0.05) is 49.4 Å². The van der Waals surface area contributed by atoms with Gasteiger partial charge >= 0.3 is 0 Å². The molecule has 1 aliphatic rings. The molecule has 1 amide bonds. The summed E-state index contributed by atoms with van der Waals surface area (Å²) in [6.45, 7) is 0.423. The summed E-state index contributed by atoms with van der Waals surface area (Å²) in [5.74, 6) is -0.0725. The highest BCUT2D eigenvalue weighted by molar-refractivity contribution is 7.88. The monoisotopic (exact) mass is 386 g/mol. The zero-order chi connectivity index (χ0) is 18.3. The summed E-state index contributed by atoms with van der Waals surface area (Å²) in [7, 11) is -3.39. The summed E-state index contributed by atoms with van der Waals surface area (Å²) in [6.07, 6.45) is 8.15. The first-order valence-corrected chi connectivity index (χ1v) is 11.1. The molecule has 1 aliphatic carbocycles. The Labute approximate surface area is 155 Å². The Kier molecular flexibility index (Phi) is 7.72. The SMILES string of the molecule is CS(=O)(=O)N(CCC(=O)NC1CCCCCC1)Cc1ccc(Cl)cc1. The molecule has 0 saturated heterocycles. The van der Waals surface area contributed by atoms with Gasteiger partial charge in [-0.05, 0) is 30.5 Å². The molecular weight excluding hydrogens is 360 g/mol. The zero-order valence-corrected chi connectivity index (χ0v) is 16.3. The normalized spacial score (nSPS) is 16.6. The first-order valence-electron chi connectivity index (χ1n) is 8.83.